The molecule has 0 spiro atoms. The Morgan fingerprint density at radius 1 is 1.12 bits per heavy atom. The Morgan fingerprint density at radius 3 is 2.77 bits per heavy atom. The van der Waals surface area contributed by atoms with E-state index < -0.39 is 0 Å². The van der Waals surface area contributed by atoms with Gasteiger partial charge < -0.3 is 4.57 Å². The Morgan fingerprint density at radius 2 is 1.92 bits per heavy atom. The molecule has 0 N–H and O–H groups in total. The molecule has 1 amide bonds. The van der Waals surface area contributed by atoms with E-state index in [1.54, 1.807) is 11.3 Å². The molecular formula is C21H17BrN2OS. The van der Waals surface area contributed by atoms with Crippen LogP contribution in [0.2, 0.25) is 0 Å². The van der Waals surface area contributed by atoms with Gasteiger partial charge in [-0.05, 0) is 41.5 Å². The van der Waals surface area contributed by atoms with E-state index in [0.29, 0.717) is 6.42 Å². The van der Waals surface area contributed by atoms with Crippen LogP contribution in [0.15, 0.2) is 70.1 Å². The van der Waals surface area contributed by atoms with Crippen LogP contribution in [0.4, 0.5) is 0 Å². The quantitative estimate of drug-likeness (QED) is 0.438. The standard InChI is InChI=1S/C21H17BrN2OS/c1-2-24-18-11-10-16(22)13-19(18)26-21(24)23-20(25)12-15-8-5-7-14-6-3-4-9-17(14)15/h3-11,13H,2,12H2,1H3. The predicted octanol–water partition coefficient (Wildman–Crippen LogP) is 5.31. The highest BCUT2D eigenvalue weighted by atomic mass is 79.9. The number of nitrogens with zero attached hydrogens (tertiary/aromatic N) is 2. The summed E-state index contributed by atoms with van der Waals surface area (Å²) >= 11 is 5.06. The van der Waals surface area contributed by atoms with Gasteiger partial charge in [0.05, 0.1) is 16.6 Å². The van der Waals surface area contributed by atoms with Gasteiger partial charge in [-0.2, -0.15) is 4.99 Å². The lowest BCUT2D eigenvalue weighted by molar-refractivity contribution is -0.117. The molecule has 0 saturated heterocycles. The van der Waals surface area contributed by atoms with E-state index in [0.717, 1.165) is 42.4 Å². The van der Waals surface area contributed by atoms with Gasteiger partial charge in [0.15, 0.2) is 4.80 Å². The number of thiazole rings is 1. The number of rotatable bonds is 3. The fraction of sp³-hybridized carbons (Fsp3) is 0.143. The first-order valence-corrected chi connectivity index (χ1v) is 10.1. The van der Waals surface area contributed by atoms with Crippen LogP contribution in [-0.4, -0.2) is 10.5 Å². The third-order valence-electron chi connectivity index (χ3n) is 4.40. The molecule has 0 aliphatic rings. The van der Waals surface area contributed by atoms with Crippen LogP contribution in [0.5, 0.6) is 0 Å². The normalized spacial score (nSPS) is 12.2. The number of hydrogen-bond acceptors (Lipinski definition) is 2. The van der Waals surface area contributed by atoms with E-state index in [1.165, 1.54) is 0 Å². The predicted molar refractivity (Wildman–Crippen MR) is 111 cm³/mol. The van der Waals surface area contributed by atoms with Crippen molar-refractivity contribution in [3.05, 3.63) is 75.5 Å². The lowest BCUT2D eigenvalue weighted by Crippen LogP contribution is -2.16. The molecule has 26 heavy (non-hydrogen) atoms. The average molecular weight is 425 g/mol. The van der Waals surface area contributed by atoms with Crippen molar-refractivity contribution in [3.63, 3.8) is 0 Å². The van der Waals surface area contributed by atoms with E-state index in [2.05, 4.69) is 62.7 Å². The molecule has 1 aromatic heterocycles. The molecule has 0 aliphatic carbocycles. The number of hydrogen-bond donors (Lipinski definition) is 0. The van der Waals surface area contributed by atoms with Crippen molar-refractivity contribution in [1.29, 1.82) is 0 Å². The molecule has 3 nitrogen and oxygen atoms in total. The van der Waals surface area contributed by atoms with E-state index in [1.807, 2.05) is 30.3 Å². The highest BCUT2D eigenvalue weighted by Gasteiger charge is 2.09. The summed E-state index contributed by atoms with van der Waals surface area (Å²) in [5.41, 5.74) is 2.13. The van der Waals surface area contributed by atoms with Crippen molar-refractivity contribution in [2.24, 2.45) is 4.99 Å². The van der Waals surface area contributed by atoms with Crippen molar-refractivity contribution >= 4 is 54.2 Å². The number of fused-ring (bicyclic) bond motifs is 2. The Kier molecular flexibility index (Phi) is 4.74. The molecule has 0 aliphatic heterocycles. The van der Waals surface area contributed by atoms with Gasteiger partial charge in [-0.1, -0.05) is 69.7 Å². The summed E-state index contributed by atoms with van der Waals surface area (Å²) in [5.74, 6) is -0.117. The number of aryl methyl sites for hydroxylation is 1. The average Bonchev–Trinajstić information content (AvgIpc) is 2.97. The van der Waals surface area contributed by atoms with Gasteiger partial charge >= 0.3 is 0 Å². The van der Waals surface area contributed by atoms with Gasteiger partial charge in [-0.25, -0.2) is 0 Å². The van der Waals surface area contributed by atoms with Gasteiger partial charge in [-0.15, -0.1) is 0 Å². The Balaban J connectivity index is 1.74. The van der Waals surface area contributed by atoms with Crippen molar-refractivity contribution < 1.29 is 4.79 Å². The number of amides is 1. The van der Waals surface area contributed by atoms with Crippen LogP contribution < -0.4 is 4.80 Å². The van der Waals surface area contributed by atoms with E-state index >= 15 is 0 Å². The van der Waals surface area contributed by atoms with Gasteiger partial charge in [0, 0.05) is 11.0 Å². The summed E-state index contributed by atoms with van der Waals surface area (Å²) in [6.45, 7) is 2.85. The molecule has 0 fully saturated rings. The smallest absolute Gasteiger partial charge is 0.252 e. The maximum Gasteiger partial charge on any atom is 0.252 e. The van der Waals surface area contributed by atoms with Gasteiger partial charge in [-0.3, -0.25) is 4.79 Å². The Bertz CT molecular complexity index is 1180. The van der Waals surface area contributed by atoms with E-state index in [-0.39, 0.29) is 5.91 Å². The third-order valence-corrected chi connectivity index (χ3v) is 5.94. The fourth-order valence-electron chi connectivity index (χ4n) is 3.19. The highest BCUT2D eigenvalue weighted by molar-refractivity contribution is 9.10. The summed E-state index contributed by atoms with van der Waals surface area (Å²) < 4.78 is 4.24. The molecule has 4 rings (SSSR count). The highest BCUT2D eigenvalue weighted by Crippen LogP contribution is 2.22. The zero-order chi connectivity index (χ0) is 18.1. The monoisotopic (exact) mass is 424 g/mol. The lowest BCUT2D eigenvalue weighted by Gasteiger charge is -2.04. The summed E-state index contributed by atoms with van der Waals surface area (Å²) in [6, 6.07) is 20.3. The largest absolute Gasteiger partial charge is 0.317 e. The molecule has 0 unspecified atom stereocenters. The SMILES string of the molecule is CCn1c(=NC(=O)Cc2cccc3ccccc23)sc2cc(Br)ccc21. The Hall–Kier alpha value is -2.24. The number of aromatic nitrogens is 1. The van der Waals surface area contributed by atoms with Crippen molar-refractivity contribution in [1.82, 2.24) is 4.57 Å². The lowest BCUT2D eigenvalue weighted by atomic mass is 10.0. The first-order chi connectivity index (χ1) is 12.7. The topological polar surface area (TPSA) is 34.4 Å². The van der Waals surface area contributed by atoms with Gasteiger partial charge in [0.2, 0.25) is 0 Å². The molecule has 4 aromatic rings. The second-order valence-corrected chi connectivity index (χ2v) is 7.99. The number of carbonyl (C=O) groups excluding carboxylic acids is 1. The molecule has 0 bridgehead atoms. The van der Waals surface area contributed by atoms with Crippen LogP contribution in [0, 0.1) is 0 Å². The van der Waals surface area contributed by atoms with Crippen LogP contribution >= 0.6 is 27.3 Å². The first-order valence-electron chi connectivity index (χ1n) is 8.49. The Labute approximate surface area is 163 Å². The maximum atomic E-state index is 12.7. The van der Waals surface area contributed by atoms with Crippen molar-refractivity contribution in [2.75, 3.05) is 0 Å². The zero-order valence-electron chi connectivity index (χ0n) is 14.3. The molecule has 3 aromatic carbocycles. The zero-order valence-corrected chi connectivity index (χ0v) is 16.7. The molecule has 130 valence electrons. The minimum Gasteiger partial charge on any atom is -0.317 e. The van der Waals surface area contributed by atoms with Crippen LogP contribution in [0.3, 0.4) is 0 Å². The van der Waals surface area contributed by atoms with E-state index in [4.69, 9.17) is 0 Å². The first kappa shape index (κ1) is 17.2. The number of halogens is 1. The summed E-state index contributed by atoms with van der Waals surface area (Å²) in [4.78, 5) is 17.8. The number of carbonyl (C=O) groups is 1. The summed E-state index contributed by atoms with van der Waals surface area (Å²) in [7, 11) is 0. The molecule has 0 atom stereocenters. The van der Waals surface area contributed by atoms with Crippen LogP contribution in [0.25, 0.3) is 21.0 Å². The molecule has 0 saturated carbocycles. The second kappa shape index (κ2) is 7.17. The molecular weight excluding hydrogens is 408 g/mol. The summed E-state index contributed by atoms with van der Waals surface area (Å²) in [5, 5.41) is 2.26. The molecule has 1 heterocycles. The fourth-order valence-corrected chi connectivity index (χ4v) is 4.86. The molecule has 0 radical (unpaired) electrons. The third kappa shape index (κ3) is 3.24. The minimum absolute atomic E-state index is 0.117. The number of benzene rings is 3. The summed E-state index contributed by atoms with van der Waals surface area (Å²) in [6.07, 6.45) is 0.309. The van der Waals surface area contributed by atoms with E-state index in [9.17, 15) is 4.79 Å². The van der Waals surface area contributed by atoms with Crippen molar-refractivity contribution in [3.8, 4) is 0 Å². The van der Waals surface area contributed by atoms with Gasteiger partial charge in [0.25, 0.3) is 5.91 Å². The van der Waals surface area contributed by atoms with Crippen LogP contribution in [-0.2, 0) is 17.8 Å². The van der Waals surface area contributed by atoms with Crippen LogP contribution in [0.1, 0.15) is 12.5 Å². The second-order valence-electron chi connectivity index (χ2n) is 6.06. The maximum absolute atomic E-state index is 12.7. The molecule has 5 heteroatoms. The minimum atomic E-state index is -0.117. The van der Waals surface area contributed by atoms with Gasteiger partial charge in [0.1, 0.15) is 0 Å². The van der Waals surface area contributed by atoms with Crippen molar-refractivity contribution in [2.45, 2.75) is 19.9 Å².